The highest BCUT2D eigenvalue weighted by atomic mass is 32.1. The quantitative estimate of drug-likeness (QED) is 0.754. The van der Waals surface area contributed by atoms with Gasteiger partial charge in [-0.3, -0.25) is 4.79 Å². The Balaban J connectivity index is 2.04. The summed E-state index contributed by atoms with van der Waals surface area (Å²) in [7, 11) is 0. The van der Waals surface area contributed by atoms with Crippen LogP contribution in [0.3, 0.4) is 0 Å². The zero-order valence-electron chi connectivity index (χ0n) is 12.7. The molecule has 0 aliphatic heterocycles. The second kappa shape index (κ2) is 7.70. The predicted molar refractivity (Wildman–Crippen MR) is 91.2 cm³/mol. The van der Waals surface area contributed by atoms with Gasteiger partial charge in [-0.2, -0.15) is 0 Å². The molecule has 1 aromatic heterocycles. The number of amides is 1. The van der Waals surface area contributed by atoms with Crippen molar-refractivity contribution in [1.29, 1.82) is 5.41 Å². The summed E-state index contributed by atoms with van der Waals surface area (Å²) in [5.41, 5.74) is 1.19. The van der Waals surface area contributed by atoms with Crippen LogP contribution in [0.15, 0.2) is 47.7 Å². The first kappa shape index (κ1) is 16.2. The van der Waals surface area contributed by atoms with E-state index in [2.05, 4.69) is 29.5 Å². The summed E-state index contributed by atoms with van der Waals surface area (Å²) >= 11 is 1.39. The van der Waals surface area contributed by atoms with Crippen LogP contribution in [-0.2, 0) is 4.79 Å². The molecule has 1 amide bonds. The lowest BCUT2D eigenvalue weighted by molar-refractivity contribution is -0.118. The van der Waals surface area contributed by atoms with Gasteiger partial charge in [0.05, 0.1) is 5.71 Å². The highest BCUT2D eigenvalue weighted by molar-refractivity contribution is 7.13. The molecular weight excluding hydrogens is 296 g/mol. The minimum atomic E-state index is -0.358. The zero-order valence-corrected chi connectivity index (χ0v) is 13.5. The Bertz CT molecular complexity index is 614. The van der Waals surface area contributed by atoms with Crippen molar-refractivity contribution in [2.75, 3.05) is 5.32 Å². The minimum Gasteiger partial charge on any atom is -0.379 e. The van der Waals surface area contributed by atoms with E-state index in [1.165, 1.54) is 11.3 Å². The number of hydrogen-bond acceptors (Lipinski definition) is 5. The highest BCUT2D eigenvalue weighted by Gasteiger charge is 2.19. The van der Waals surface area contributed by atoms with E-state index in [4.69, 9.17) is 5.41 Å². The normalized spacial score (nSPS) is 17.0. The van der Waals surface area contributed by atoms with Crippen molar-refractivity contribution in [2.24, 2.45) is 5.92 Å². The van der Waals surface area contributed by atoms with E-state index in [-0.39, 0.29) is 11.9 Å². The van der Waals surface area contributed by atoms with Crippen molar-refractivity contribution in [2.45, 2.75) is 26.3 Å². The third-order valence-electron chi connectivity index (χ3n) is 3.09. The van der Waals surface area contributed by atoms with Gasteiger partial charge in [0, 0.05) is 23.3 Å². The fourth-order valence-corrected chi connectivity index (χ4v) is 2.54. The van der Waals surface area contributed by atoms with Gasteiger partial charge in [-0.25, -0.2) is 4.98 Å². The maximum atomic E-state index is 12.4. The van der Waals surface area contributed by atoms with E-state index in [9.17, 15) is 4.79 Å². The molecule has 116 valence electrons. The van der Waals surface area contributed by atoms with Crippen LogP contribution in [0.1, 0.15) is 20.3 Å². The largest absolute Gasteiger partial charge is 0.379 e. The summed E-state index contributed by atoms with van der Waals surface area (Å²) in [5.74, 6) is 0.265. The summed E-state index contributed by atoms with van der Waals surface area (Å²) in [6, 6.07) is -0.358. The molecule has 0 bridgehead atoms. The molecule has 0 saturated carbocycles. The van der Waals surface area contributed by atoms with Gasteiger partial charge in [-0.15, -0.1) is 11.3 Å². The summed E-state index contributed by atoms with van der Waals surface area (Å²) in [6.45, 7) is 4.15. The van der Waals surface area contributed by atoms with Crippen LogP contribution >= 0.6 is 11.3 Å². The van der Waals surface area contributed by atoms with Gasteiger partial charge in [-0.1, -0.05) is 32.1 Å². The summed E-state index contributed by atoms with van der Waals surface area (Å²) in [6.07, 6.45) is 11.4. The number of nitrogens with one attached hydrogen (secondary N) is 3. The Kier molecular flexibility index (Phi) is 5.66. The molecule has 1 aromatic rings. The maximum absolute atomic E-state index is 12.4. The van der Waals surface area contributed by atoms with Crippen molar-refractivity contribution in [3.63, 3.8) is 0 Å². The van der Waals surface area contributed by atoms with Gasteiger partial charge < -0.3 is 16.0 Å². The van der Waals surface area contributed by atoms with Crippen LogP contribution < -0.4 is 10.6 Å². The van der Waals surface area contributed by atoms with E-state index in [1.807, 2.05) is 23.6 Å². The number of hydrogen-bond donors (Lipinski definition) is 3. The Morgan fingerprint density at radius 3 is 2.82 bits per heavy atom. The number of anilines is 1. The second-order valence-electron chi connectivity index (χ2n) is 5.41. The van der Waals surface area contributed by atoms with Gasteiger partial charge in [0.2, 0.25) is 5.91 Å². The van der Waals surface area contributed by atoms with Gasteiger partial charge >= 0.3 is 0 Å². The van der Waals surface area contributed by atoms with Gasteiger partial charge in [0.1, 0.15) is 6.04 Å². The van der Waals surface area contributed by atoms with Crippen LogP contribution in [0.4, 0.5) is 5.13 Å². The molecule has 0 fully saturated rings. The fraction of sp³-hybridized carbons (Fsp3) is 0.312. The summed E-state index contributed by atoms with van der Waals surface area (Å²) in [4.78, 5) is 16.4. The van der Waals surface area contributed by atoms with Crippen LogP contribution in [0.2, 0.25) is 0 Å². The van der Waals surface area contributed by atoms with Gasteiger partial charge in [0.25, 0.3) is 0 Å². The van der Waals surface area contributed by atoms with Crippen molar-refractivity contribution in [1.82, 2.24) is 10.3 Å². The summed E-state index contributed by atoms with van der Waals surface area (Å²) in [5, 5.41) is 16.2. The Labute approximate surface area is 134 Å². The third-order valence-corrected chi connectivity index (χ3v) is 3.78. The van der Waals surface area contributed by atoms with Gasteiger partial charge in [0.15, 0.2) is 5.13 Å². The monoisotopic (exact) mass is 316 g/mol. The average Bonchev–Trinajstić information content (AvgIpc) is 2.97. The first-order valence-corrected chi connectivity index (χ1v) is 8.04. The van der Waals surface area contributed by atoms with Crippen molar-refractivity contribution in [3.8, 4) is 0 Å². The molecule has 22 heavy (non-hydrogen) atoms. The predicted octanol–water partition coefficient (Wildman–Crippen LogP) is 3.12. The number of allylic oxidation sites excluding steroid dienone is 5. The molecule has 1 unspecified atom stereocenters. The van der Waals surface area contributed by atoms with Crippen LogP contribution in [0, 0.1) is 11.3 Å². The number of thiazole rings is 1. The Morgan fingerprint density at radius 2 is 2.18 bits per heavy atom. The van der Waals surface area contributed by atoms with E-state index in [0.717, 1.165) is 5.57 Å². The fourth-order valence-electron chi connectivity index (χ4n) is 2.01. The van der Waals surface area contributed by atoms with Crippen molar-refractivity contribution < 1.29 is 4.79 Å². The second-order valence-corrected chi connectivity index (χ2v) is 6.30. The molecule has 1 atom stereocenters. The molecule has 0 aromatic carbocycles. The minimum absolute atomic E-state index is 0.109. The number of carbonyl (C=O) groups is 1. The number of aromatic nitrogens is 1. The molecular formula is C16H20N4OS. The lowest BCUT2D eigenvalue weighted by Crippen LogP contribution is -2.39. The third kappa shape index (κ3) is 4.66. The van der Waals surface area contributed by atoms with Crippen LogP contribution in [0.5, 0.6) is 0 Å². The number of rotatable bonds is 6. The molecule has 1 aliphatic carbocycles. The zero-order chi connectivity index (χ0) is 15.9. The summed E-state index contributed by atoms with van der Waals surface area (Å²) < 4.78 is 0. The SMILES string of the molecule is CC(C)CC(N/C=C1/C=CC=CC1=N)C(=O)Nc1nccs1. The molecule has 0 radical (unpaired) electrons. The van der Waals surface area contributed by atoms with E-state index >= 15 is 0 Å². The van der Waals surface area contributed by atoms with Crippen LogP contribution in [-0.4, -0.2) is 22.6 Å². The molecule has 3 N–H and O–H groups in total. The molecule has 0 spiro atoms. The molecule has 2 rings (SSSR count). The first-order valence-electron chi connectivity index (χ1n) is 7.16. The Morgan fingerprint density at radius 1 is 1.41 bits per heavy atom. The molecule has 0 saturated heterocycles. The number of carbonyl (C=O) groups excluding carboxylic acids is 1. The van der Waals surface area contributed by atoms with Crippen molar-refractivity contribution >= 4 is 28.1 Å². The van der Waals surface area contributed by atoms with Gasteiger partial charge in [-0.05, 0) is 18.4 Å². The molecule has 5 nitrogen and oxygen atoms in total. The molecule has 6 heteroatoms. The maximum Gasteiger partial charge on any atom is 0.248 e. The van der Waals surface area contributed by atoms with E-state index in [1.54, 1.807) is 18.5 Å². The average molecular weight is 316 g/mol. The lowest BCUT2D eigenvalue weighted by atomic mass is 10.0. The lowest BCUT2D eigenvalue weighted by Gasteiger charge is -2.19. The Hall–Kier alpha value is -2.21. The van der Waals surface area contributed by atoms with Crippen molar-refractivity contribution in [3.05, 3.63) is 47.7 Å². The molecule has 1 heterocycles. The number of nitrogens with zero attached hydrogens (tertiary/aromatic N) is 1. The van der Waals surface area contributed by atoms with Crippen LogP contribution in [0.25, 0.3) is 0 Å². The standard InChI is InChI=1S/C16H20N4OS/c1-11(2)9-14(15(21)20-16-18-7-8-22-16)19-10-12-5-3-4-6-13(12)17/h3-8,10-11,14,17,19H,9H2,1-2H3,(H,18,20,21)/b12-10-,17-13?. The first-order chi connectivity index (χ1) is 10.6. The van der Waals surface area contributed by atoms with E-state index in [0.29, 0.717) is 23.2 Å². The molecule has 1 aliphatic rings. The smallest absolute Gasteiger partial charge is 0.248 e. The van der Waals surface area contributed by atoms with E-state index < -0.39 is 0 Å². The topological polar surface area (TPSA) is 77.9 Å². The highest BCUT2D eigenvalue weighted by Crippen LogP contribution is 2.13.